The Morgan fingerprint density at radius 2 is 2.15 bits per heavy atom. The number of pyridine rings is 1. The van der Waals surface area contributed by atoms with Crippen LogP contribution in [0, 0.1) is 0 Å². The molecular weight excluding hydrogens is 162 g/mol. The lowest BCUT2D eigenvalue weighted by atomic mass is 10.2. The van der Waals surface area contributed by atoms with Gasteiger partial charge < -0.3 is 5.43 Å². The monoisotopic (exact) mass is 177 g/mol. The largest absolute Gasteiger partial charge is 0.304 e. The smallest absolute Gasteiger partial charge is 0.140 e. The molecule has 0 saturated heterocycles. The average molecular weight is 177 g/mol. The molecule has 13 heavy (non-hydrogen) atoms. The highest BCUT2D eigenvalue weighted by molar-refractivity contribution is 5.39. The maximum Gasteiger partial charge on any atom is 0.140 e. The second-order valence-corrected chi connectivity index (χ2v) is 3.66. The molecule has 0 unspecified atom stereocenters. The highest BCUT2D eigenvalue weighted by Gasteiger charge is 2.12. The van der Waals surface area contributed by atoms with Crippen molar-refractivity contribution in [2.24, 2.45) is 0 Å². The molecule has 0 radical (unpaired) electrons. The van der Waals surface area contributed by atoms with E-state index >= 15 is 0 Å². The number of anilines is 1. The first-order valence-electron chi connectivity index (χ1n) is 4.68. The van der Waals surface area contributed by atoms with Crippen LogP contribution in [0.15, 0.2) is 12.1 Å². The second kappa shape index (κ2) is 3.34. The van der Waals surface area contributed by atoms with E-state index < -0.39 is 0 Å². The number of nitrogens with zero attached hydrogens (tertiary/aromatic N) is 2. The first-order chi connectivity index (χ1) is 6.25. The molecule has 0 aliphatic heterocycles. The third-order valence-corrected chi connectivity index (χ3v) is 2.27. The van der Waals surface area contributed by atoms with Crippen molar-refractivity contribution in [3.8, 4) is 0 Å². The Morgan fingerprint density at radius 3 is 2.92 bits per heavy atom. The van der Waals surface area contributed by atoms with Gasteiger partial charge in [0, 0.05) is 19.8 Å². The van der Waals surface area contributed by atoms with Crippen LogP contribution in [0.25, 0.3) is 0 Å². The molecule has 1 aliphatic rings. The molecule has 0 saturated carbocycles. The molecule has 1 aromatic heterocycles. The van der Waals surface area contributed by atoms with E-state index in [4.69, 9.17) is 0 Å². The summed E-state index contributed by atoms with van der Waals surface area (Å²) in [4.78, 5) is 4.54. The Balaban J connectivity index is 2.21. The van der Waals surface area contributed by atoms with Crippen LogP contribution < -0.4 is 5.43 Å². The minimum Gasteiger partial charge on any atom is -0.304 e. The molecule has 0 amide bonds. The van der Waals surface area contributed by atoms with E-state index in [1.54, 1.807) is 0 Å². The van der Waals surface area contributed by atoms with Gasteiger partial charge in [0.15, 0.2) is 0 Å². The SMILES string of the molecule is CN(C)Nc1ccc2c(n1)CCC2. The topological polar surface area (TPSA) is 28.2 Å². The lowest BCUT2D eigenvalue weighted by Crippen LogP contribution is -2.20. The summed E-state index contributed by atoms with van der Waals surface area (Å²) in [6.45, 7) is 0. The fourth-order valence-corrected chi connectivity index (χ4v) is 1.71. The standard InChI is InChI=1S/C10H15N3/c1-13(2)12-10-7-6-8-4-3-5-9(8)11-10/h6-7H,3-5H2,1-2H3,(H,11,12). The molecule has 0 fully saturated rings. The number of aromatic nitrogens is 1. The van der Waals surface area contributed by atoms with Crippen LogP contribution in [0.3, 0.4) is 0 Å². The Hall–Kier alpha value is -1.09. The highest BCUT2D eigenvalue weighted by Crippen LogP contribution is 2.21. The predicted molar refractivity (Wildman–Crippen MR) is 53.6 cm³/mol. The number of hydrogen-bond donors (Lipinski definition) is 1. The van der Waals surface area contributed by atoms with Crippen molar-refractivity contribution >= 4 is 5.82 Å². The molecule has 0 atom stereocenters. The Morgan fingerprint density at radius 1 is 1.31 bits per heavy atom. The molecule has 70 valence electrons. The van der Waals surface area contributed by atoms with Gasteiger partial charge in [-0.1, -0.05) is 6.07 Å². The van der Waals surface area contributed by atoms with Gasteiger partial charge in [-0.05, 0) is 30.9 Å². The van der Waals surface area contributed by atoms with E-state index in [-0.39, 0.29) is 0 Å². The maximum atomic E-state index is 4.54. The van der Waals surface area contributed by atoms with Gasteiger partial charge >= 0.3 is 0 Å². The summed E-state index contributed by atoms with van der Waals surface area (Å²) in [6, 6.07) is 4.23. The van der Waals surface area contributed by atoms with E-state index in [1.165, 1.54) is 24.1 Å². The molecule has 1 N–H and O–H groups in total. The zero-order valence-corrected chi connectivity index (χ0v) is 8.17. The summed E-state index contributed by atoms with van der Waals surface area (Å²) in [5, 5.41) is 1.91. The summed E-state index contributed by atoms with van der Waals surface area (Å²) in [6.07, 6.45) is 3.59. The summed E-state index contributed by atoms with van der Waals surface area (Å²) in [7, 11) is 3.93. The molecule has 0 bridgehead atoms. The van der Waals surface area contributed by atoms with Gasteiger partial charge in [0.2, 0.25) is 0 Å². The van der Waals surface area contributed by atoms with Crippen molar-refractivity contribution in [1.82, 2.24) is 9.99 Å². The van der Waals surface area contributed by atoms with E-state index in [0.717, 1.165) is 12.2 Å². The van der Waals surface area contributed by atoms with Crippen molar-refractivity contribution in [2.45, 2.75) is 19.3 Å². The van der Waals surface area contributed by atoms with Crippen LogP contribution in [0.4, 0.5) is 5.82 Å². The molecule has 3 heteroatoms. The second-order valence-electron chi connectivity index (χ2n) is 3.66. The lowest BCUT2D eigenvalue weighted by Gasteiger charge is -2.13. The lowest BCUT2D eigenvalue weighted by molar-refractivity contribution is 0.492. The van der Waals surface area contributed by atoms with Gasteiger partial charge in [-0.2, -0.15) is 0 Å². The van der Waals surface area contributed by atoms with Gasteiger partial charge in [0.05, 0.1) is 0 Å². The first-order valence-corrected chi connectivity index (χ1v) is 4.68. The van der Waals surface area contributed by atoms with E-state index in [0.29, 0.717) is 0 Å². The maximum absolute atomic E-state index is 4.54. The van der Waals surface area contributed by atoms with Gasteiger partial charge in [0.1, 0.15) is 5.82 Å². The van der Waals surface area contributed by atoms with Gasteiger partial charge in [-0.25, -0.2) is 9.99 Å². The van der Waals surface area contributed by atoms with Gasteiger partial charge in [-0.15, -0.1) is 0 Å². The molecule has 1 aliphatic carbocycles. The summed E-state index contributed by atoms with van der Waals surface area (Å²) in [5.74, 6) is 0.950. The minimum atomic E-state index is 0.950. The number of aryl methyl sites for hydroxylation is 2. The number of rotatable bonds is 2. The number of hydrogen-bond acceptors (Lipinski definition) is 3. The number of fused-ring (bicyclic) bond motifs is 1. The first kappa shape index (κ1) is 8.51. The molecule has 0 spiro atoms. The molecule has 1 heterocycles. The Labute approximate surface area is 78.7 Å². The third kappa shape index (κ3) is 1.80. The van der Waals surface area contributed by atoms with Crippen LogP contribution in [0.1, 0.15) is 17.7 Å². The minimum absolute atomic E-state index is 0.950. The van der Waals surface area contributed by atoms with Crippen molar-refractivity contribution in [3.63, 3.8) is 0 Å². The molecule has 1 aromatic rings. The van der Waals surface area contributed by atoms with E-state index in [2.05, 4.69) is 16.5 Å². The Kier molecular flexibility index (Phi) is 2.19. The molecule has 2 rings (SSSR count). The predicted octanol–water partition coefficient (Wildman–Crippen LogP) is 1.46. The van der Waals surface area contributed by atoms with E-state index in [1.807, 2.05) is 25.2 Å². The summed E-state index contributed by atoms with van der Waals surface area (Å²) < 4.78 is 0. The Bertz CT molecular complexity index is 307. The third-order valence-electron chi connectivity index (χ3n) is 2.27. The number of hydrazine groups is 1. The molecule has 3 nitrogen and oxygen atoms in total. The van der Waals surface area contributed by atoms with Gasteiger partial charge in [-0.3, -0.25) is 0 Å². The van der Waals surface area contributed by atoms with Gasteiger partial charge in [0.25, 0.3) is 0 Å². The van der Waals surface area contributed by atoms with E-state index in [9.17, 15) is 0 Å². The average Bonchev–Trinajstić information content (AvgIpc) is 2.49. The van der Waals surface area contributed by atoms with Crippen LogP contribution >= 0.6 is 0 Å². The fourth-order valence-electron chi connectivity index (χ4n) is 1.71. The molecule has 0 aromatic carbocycles. The van der Waals surface area contributed by atoms with Crippen molar-refractivity contribution in [3.05, 3.63) is 23.4 Å². The van der Waals surface area contributed by atoms with Crippen molar-refractivity contribution in [1.29, 1.82) is 0 Å². The summed E-state index contributed by atoms with van der Waals surface area (Å²) in [5.41, 5.74) is 5.85. The number of nitrogens with one attached hydrogen (secondary N) is 1. The van der Waals surface area contributed by atoms with Crippen LogP contribution in [0.5, 0.6) is 0 Å². The quantitative estimate of drug-likeness (QED) is 0.693. The zero-order chi connectivity index (χ0) is 9.26. The molecular formula is C10H15N3. The van der Waals surface area contributed by atoms with Crippen LogP contribution in [-0.4, -0.2) is 24.1 Å². The van der Waals surface area contributed by atoms with Crippen molar-refractivity contribution in [2.75, 3.05) is 19.5 Å². The van der Waals surface area contributed by atoms with Crippen LogP contribution in [-0.2, 0) is 12.8 Å². The van der Waals surface area contributed by atoms with Crippen molar-refractivity contribution < 1.29 is 0 Å². The fraction of sp³-hybridized carbons (Fsp3) is 0.500. The normalized spacial score (nSPS) is 14.7. The van der Waals surface area contributed by atoms with Crippen LogP contribution in [0.2, 0.25) is 0 Å². The highest BCUT2D eigenvalue weighted by atomic mass is 15.5. The summed E-state index contributed by atoms with van der Waals surface area (Å²) >= 11 is 0. The zero-order valence-electron chi connectivity index (χ0n) is 8.17.